The molecule has 8 atom stereocenters. The largest absolute Gasteiger partial charge is 0.497 e. The molecule has 0 saturated heterocycles. The smallest absolute Gasteiger partial charge is 0.299 e. The molecule has 1 aromatic carbocycles. The molecule has 79 heavy (non-hydrogen) atoms. The zero-order valence-corrected chi connectivity index (χ0v) is 48.6. The van der Waals surface area contributed by atoms with Crippen molar-refractivity contribution in [1.29, 1.82) is 0 Å². The van der Waals surface area contributed by atoms with E-state index in [1.165, 1.54) is 0 Å². The Morgan fingerprint density at radius 3 is 1.89 bits per heavy atom. The number of halogens is 1. The molecule has 0 radical (unpaired) electrons. The van der Waals surface area contributed by atoms with Crippen LogP contribution in [0.1, 0.15) is 181 Å². The second kappa shape index (κ2) is 25.5. The van der Waals surface area contributed by atoms with Crippen LogP contribution >= 0.6 is 11.6 Å². The van der Waals surface area contributed by atoms with Crippen molar-refractivity contribution < 1.29 is 23.9 Å². The molecule has 2 bridgehead atoms. The molecule has 5 heterocycles. The van der Waals surface area contributed by atoms with Gasteiger partial charge in [0.25, 0.3) is 11.8 Å². The Morgan fingerprint density at radius 2 is 1.34 bits per heavy atom. The number of H-pyrrole nitrogens is 1. The highest BCUT2D eigenvalue weighted by Gasteiger charge is 2.65. The highest BCUT2D eigenvalue weighted by Crippen LogP contribution is 2.72. The summed E-state index contributed by atoms with van der Waals surface area (Å²) in [4.78, 5) is 56.7. The number of unbranched alkanes of at least 4 members (excludes halogenated alkanes) is 3. The quantitative estimate of drug-likeness (QED) is 0.0486. The first kappa shape index (κ1) is 58.3. The molecule has 2 aromatic heterocycles. The number of carbonyl (C=O) groups is 3. The molecule has 2 unspecified atom stereocenters. The van der Waals surface area contributed by atoms with E-state index >= 15 is 0 Å². The number of hydrogen-bond donors (Lipinski definition) is 3. The fraction of sp³-hybridized carbons (Fsp3) is 0.485. The molecule has 3 aliphatic carbocycles. The summed E-state index contributed by atoms with van der Waals surface area (Å²) < 4.78 is 11.4. The SMILES string of the molecule is C#CC(=O)N1[C@@H](CCCC)Cc2cc(OC)cnc2[C@@H]1C(=C)/C=C\C(=C/C)NC1c2cc(C)[nH]c2[C@H](C(=C)/C=C\C(=C/C)NC2c3cc(OC)ccc3[C@H](C34CC(C3)C4)N(C(=O)C#C)[C@H]2CCCC)N(C(=O)CCl)[C@H]1CCCC. The van der Waals surface area contributed by atoms with Crippen LogP contribution in [0.15, 0.2) is 109 Å². The third kappa shape index (κ3) is 11.5. The zero-order valence-electron chi connectivity index (χ0n) is 47.8. The minimum absolute atomic E-state index is 0.0314. The number of terminal acetylenes is 2. The van der Waals surface area contributed by atoms with Crippen molar-refractivity contribution in [3.63, 3.8) is 0 Å². The van der Waals surface area contributed by atoms with Crippen LogP contribution < -0.4 is 20.1 Å². The monoisotopic (exact) mass is 1090 g/mol. The number of amides is 3. The summed E-state index contributed by atoms with van der Waals surface area (Å²) in [7, 11) is 3.32. The first-order chi connectivity index (χ1) is 38.2. The van der Waals surface area contributed by atoms with E-state index in [0.29, 0.717) is 29.7 Å². The number of aryl methyl sites for hydroxylation is 1. The summed E-state index contributed by atoms with van der Waals surface area (Å²) >= 11 is 6.61. The van der Waals surface area contributed by atoms with Crippen molar-refractivity contribution >= 4 is 29.3 Å². The maximum absolute atomic E-state index is 14.6. The number of nitrogens with one attached hydrogen (secondary N) is 3. The third-order valence-electron chi connectivity index (χ3n) is 17.5. The van der Waals surface area contributed by atoms with Crippen LogP contribution in [0.2, 0.25) is 0 Å². The standard InChI is InChI=1S/C66H82ClN7O5/c1-13-20-23-48-33-45-34-50(79-12)40-68-59(45)63(72(48)56(75)18-6)41(8)26-28-47(17-5)71-61-53-32-43(10)69-62(53)64(73(58(77)39-67)54(61)24-21-14-2)42(9)27-29-46(16-4)70-60-52-35-49(78-11)30-31-51(52)65(66-36-44(37-66)38-66)74(57(76)19-7)55(60)25-22-15-3/h6-7,16-17,26-32,34-35,40,44,48,54-55,60-61,63-65,69-71H,8-9,13-15,20-25,33,36-39H2,1-5,10-12H3/b28-26-,29-27-,46-16+,47-17+/t44?,48-,54-,55-,60?,61?,63-,64-,65+,66?/m0/s1. The third-order valence-corrected chi connectivity index (χ3v) is 17.7. The highest BCUT2D eigenvalue weighted by atomic mass is 35.5. The molecular weight excluding hydrogens is 1010 g/mol. The number of aromatic amines is 1. The summed E-state index contributed by atoms with van der Waals surface area (Å²) in [6, 6.07) is 7.85. The summed E-state index contributed by atoms with van der Waals surface area (Å²) in [6.07, 6.45) is 37.3. The number of aromatic nitrogens is 2. The number of nitrogens with zero attached hydrogens (tertiary/aromatic N) is 4. The number of rotatable bonds is 23. The van der Waals surface area contributed by atoms with Gasteiger partial charge in [-0.3, -0.25) is 19.4 Å². The van der Waals surface area contributed by atoms with E-state index in [1.54, 1.807) is 25.3 Å². The van der Waals surface area contributed by atoms with E-state index in [-0.39, 0.29) is 59.4 Å². The van der Waals surface area contributed by atoms with Gasteiger partial charge in [0.15, 0.2) is 0 Å². The van der Waals surface area contributed by atoms with E-state index in [9.17, 15) is 14.4 Å². The number of alkyl halides is 1. The number of fused-ring (bicyclic) bond motifs is 3. The van der Waals surface area contributed by atoms with Crippen molar-refractivity contribution in [2.75, 3.05) is 20.1 Å². The fourth-order valence-corrected chi connectivity index (χ4v) is 13.8. The minimum Gasteiger partial charge on any atom is -0.497 e. The van der Waals surface area contributed by atoms with Crippen LogP contribution in [-0.2, 0) is 20.8 Å². The summed E-state index contributed by atoms with van der Waals surface area (Å²) in [6.45, 7) is 21.7. The predicted molar refractivity (Wildman–Crippen MR) is 316 cm³/mol. The molecule has 3 aromatic rings. The van der Waals surface area contributed by atoms with Crippen LogP contribution in [0.3, 0.4) is 0 Å². The highest BCUT2D eigenvalue weighted by molar-refractivity contribution is 6.27. The molecule has 0 spiro atoms. The Labute approximate surface area is 475 Å². The number of carbonyl (C=O) groups excluding carboxylic acids is 3. The number of benzene rings is 1. The first-order valence-electron chi connectivity index (χ1n) is 28.6. The molecule has 3 N–H and O–H groups in total. The van der Waals surface area contributed by atoms with Gasteiger partial charge in [0.2, 0.25) is 5.91 Å². The van der Waals surface area contributed by atoms with E-state index < -0.39 is 18.0 Å². The van der Waals surface area contributed by atoms with Crippen LogP contribution in [0.5, 0.6) is 11.5 Å². The van der Waals surface area contributed by atoms with E-state index in [2.05, 4.69) is 77.9 Å². The summed E-state index contributed by atoms with van der Waals surface area (Å²) in [5, 5.41) is 7.78. The minimum atomic E-state index is -0.596. The lowest BCUT2D eigenvalue weighted by Gasteiger charge is -2.68. The normalized spacial score (nSPS) is 26.0. The number of hydrogen-bond acceptors (Lipinski definition) is 8. The Bertz CT molecular complexity index is 2990. The lowest BCUT2D eigenvalue weighted by molar-refractivity contribution is -0.183. The van der Waals surface area contributed by atoms with Crippen molar-refractivity contribution in [2.24, 2.45) is 11.3 Å². The maximum atomic E-state index is 14.6. The van der Waals surface area contributed by atoms with Crippen LogP contribution in [0.25, 0.3) is 0 Å². The van der Waals surface area contributed by atoms with Crippen LogP contribution in [0.4, 0.5) is 0 Å². The topological polar surface area (TPSA) is 132 Å². The van der Waals surface area contributed by atoms with Gasteiger partial charge in [-0.25, -0.2) is 0 Å². The molecule has 13 heteroatoms. The second-order valence-corrected chi connectivity index (χ2v) is 22.7. The van der Waals surface area contributed by atoms with Gasteiger partial charge in [0.1, 0.15) is 23.4 Å². The predicted octanol–water partition coefficient (Wildman–Crippen LogP) is 12.6. The maximum Gasteiger partial charge on any atom is 0.299 e. The Morgan fingerprint density at radius 1 is 0.772 bits per heavy atom. The second-order valence-electron chi connectivity index (χ2n) is 22.4. The molecule has 3 aliphatic heterocycles. The van der Waals surface area contributed by atoms with Gasteiger partial charge in [0, 0.05) is 28.8 Å². The van der Waals surface area contributed by atoms with Crippen molar-refractivity contribution in [1.82, 2.24) is 35.3 Å². The van der Waals surface area contributed by atoms with Crippen molar-refractivity contribution in [3.8, 4) is 36.2 Å². The molecule has 12 nitrogen and oxygen atoms in total. The van der Waals surface area contributed by atoms with E-state index in [4.69, 9.17) is 45.5 Å². The summed E-state index contributed by atoms with van der Waals surface area (Å²) in [5.74, 6) is 5.98. The van der Waals surface area contributed by atoms with E-state index in [0.717, 1.165) is 133 Å². The van der Waals surface area contributed by atoms with Gasteiger partial charge in [-0.1, -0.05) is 103 Å². The number of allylic oxidation sites excluding steroid dienone is 4. The lowest BCUT2D eigenvalue weighted by Crippen LogP contribution is -2.64. The molecule has 3 amide bonds. The molecule has 418 valence electrons. The number of pyridine rings is 1. The molecule has 3 saturated carbocycles. The van der Waals surface area contributed by atoms with Crippen LogP contribution in [-0.4, -0.2) is 80.6 Å². The van der Waals surface area contributed by atoms with Crippen LogP contribution in [0, 0.1) is 42.9 Å². The number of methoxy groups -OCH3 is 2. The molecule has 3 fully saturated rings. The fourth-order valence-electron chi connectivity index (χ4n) is 13.6. The first-order valence-corrected chi connectivity index (χ1v) is 29.2. The van der Waals surface area contributed by atoms with Gasteiger partial charge >= 0.3 is 0 Å². The van der Waals surface area contributed by atoms with Gasteiger partial charge in [-0.2, -0.15) is 0 Å². The zero-order chi connectivity index (χ0) is 56.7. The Hall–Kier alpha value is -6.89. The van der Waals surface area contributed by atoms with E-state index in [1.807, 2.05) is 74.3 Å². The molecule has 6 aliphatic rings. The van der Waals surface area contributed by atoms with Gasteiger partial charge in [0.05, 0.1) is 62.4 Å². The average molecular weight is 1090 g/mol. The number of ether oxygens (including phenoxy) is 2. The van der Waals surface area contributed by atoms with Gasteiger partial charge in [-0.15, -0.1) is 24.4 Å². The average Bonchev–Trinajstić information content (AvgIpc) is 4.00. The van der Waals surface area contributed by atoms with Gasteiger partial charge in [-0.05, 0) is 159 Å². The van der Waals surface area contributed by atoms with Crippen molar-refractivity contribution in [2.45, 2.75) is 173 Å². The Kier molecular flexibility index (Phi) is 18.8. The van der Waals surface area contributed by atoms with Crippen molar-refractivity contribution in [3.05, 3.63) is 148 Å². The Balaban J connectivity index is 1.11. The van der Waals surface area contributed by atoms with Gasteiger partial charge < -0.3 is 39.8 Å². The molecular formula is C66H82ClN7O5. The lowest BCUT2D eigenvalue weighted by atomic mass is 9.40. The summed E-state index contributed by atoms with van der Waals surface area (Å²) in [5.41, 5.74) is 9.81. The molecule has 9 rings (SSSR count).